The molecule has 0 aromatic rings. The molecule has 1 aliphatic heterocycles. The standard InChI is InChI=1S/C13H26N2O2S.ClH/c1-4-5-12(2,14)11(16)15-10-13(18-3)6-8-17-9-7-13;/h4-10,14H2,1-3H3,(H,15,16);1H. The van der Waals surface area contributed by atoms with Crippen LogP contribution in [-0.4, -0.2) is 42.2 Å². The lowest BCUT2D eigenvalue weighted by molar-refractivity contribution is -0.126. The molecule has 1 saturated heterocycles. The summed E-state index contributed by atoms with van der Waals surface area (Å²) >= 11 is 1.82. The van der Waals surface area contributed by atoms with E-state index in [-0.39, 0.29) is 23.1 Å². The molecule has 0 saturated carbocycles. The monoisotopic (exact) mass is 310 g/mol. The van der Waals surface area contributed by atoms with Gasteiger partial charge in [0.15, 0.2) is 0 Å². The van der Waals surface area contributed by atoms with E-state index in [1.807, 2.05) is 25.6 Å². The van der Waals surface area contributed by atoms with Crippen molar-refractivity contribution in [2.45, 2.75) is 49.8 Å². The molecule has 1 unspecified atom stereocenters. The van der Waals surface area contributed by atoms with Gasteiger partial charge < -0.3 is 15.8 Å². The van der Waals surface area contributed by atoms with Gasteiger partial charge in [0.1, 0.15) is 0 Å². The number of hydrogen-bond donors (Lipinski definition) is 2. The van der Waals surface area contributed by atoms with Gasteiger partial charge in [0.25, 0.3) is 0 Å². The van der Waals surface area contributed by atoms with Crippen LogP contribution in [0.5, 0.6) is 0 Å². The predicted molar refractivity (Wildman–Crippen MR) is 84.1 cm³/mol. The summed E-state index contributed by atoms with van der Waals surface area (Å²) in [5.41, 5.74) is 5.28. The largest absolute Gasteiger partial charge is 0.381 e. The van der Waals surface area contributed by atoms with E-state index in [2.05, 4.69) is 11.6 Å². The SMILES string of the molecule is CCCC(C)(N)C(=O)NCC1(SC)CCOCC1.Cl. The second-order valence-electron chi connectivity index (χ2n) is 5.35. The maximum atomic E-state index is 12.1. The number of hydrogen-bond acceptors (Lipinski definition) is 4. The number of nitrogens with one attached hydrogen (secondary N) is 1. The van der Waals surface area contributed by atoms with Crippen molar-refractivity contribution in [3.8, 4) is 0 Å². The van der Waals surface area contributed by atoms with Crippen LogP contribution >= 0.6 is 24.2 Å². The zero-order chi connectivity index (χ0) is 13.6. The lowest BCUT2D eigenvalue weighted by atomic mass is 9.95. The molecule has 1 heterocycles. The van der Waals surface area contributed by atoms with Gasteiger partial charge in [0.05, 0.1) is 5.54 Å². The number of rotatable bonds is 6. The third kappa shape index (κ3) is 5.50. The summed E-state index contributed by atoms with van der Waals surface area (Å²) in [5.74, 6) is -0.0377. The highest BCUT2D eigenvalue weighted by atomic mass is 35.5. The minimum Gasteiger partial charge on any atom is -0.381 e. The average Bonchev–Trinajstić information content (AvgIpc) is 2.37. The van der Waals surface area contributed by atoms with Crippen LogP contribution in [0, 0.1) is 0 Å². The number of ether oxygens (including phenoxy) is 1. The maximum Gasteiger partial charge on any atom is 0.239 e. The van der Waals surface area contributed by atoms with Gasteiger partial charge in [-0.05, 0) is 32.4 Å². The molecule has 0 spiro atoms. The van der Waals surface area contributed by atoms with Crippen molar-refractivity contribution in [3.63, 3.8) is 0 Å². The third-order valence-corrected chi connectivity index (χ3v) is 5.11. The first-order valence-electron chi connectivity index (χ1n) is 6.66. The second kappa shape index (κ2) is 8.35. The minimum absolute atomic E-state index is 0. The van der Waals surface area contributed by atoms with E-state index in [9.17, 15) is 4.79 Å². The topological polar surface area (TPSA) is 64.4 Å². The maximum absolute atomic E-state index is 12.1. The Hall–Kier alpha value is 0.0300. The summed E-state index contributed by atoms with van der Waals surface area (Å²) in [4.78, 5) is 12.1. The lowest BCUT2D eigenvalue weighted by Crippen LogP contribution is -2.55. The smallest absolute Gasteiger partial charge is 0.239 e. The van der Waals surface area contributed by atoms with E-state index in [0.29, 0.717) is 13.0 Å². The minimum atomic E-state index is -0.750. The van der Waals surface area contributed by atoms with Gasteiger partial charge in [-0.3, -0.25) is 4.79 Å². The van der Waals surface area contributed by atoms with E-state index in [4.69, 9.17) is 10.5 Å². The van der Waals surface area contributed by atoms with Crippen molar-refractivity contribution in [3.05, 3.63) is 0 Å². The van der Waals surface area contributed by atoms with E-state index in [1.54, 1.807) is 0 Å². The summed E-state index contributed by atoms with van der Waals surface area (Å²) in [6, 6.07) is 0. The Morgan fingerprint density at radius 1 is 1.47 bits per heavy atom. The summed E-state index contributed by atoms with van der Waals surface area (Å²) in [5, 5.41) is 3.03. The van der Waals surface area contributed by atoms with Gasteiger partial charge in [0, 0.05) is 24.5 Å². The zero-order valence-corrected chi connectivity index (χ0v) is 13.8. The van der Waals surface area contributed by atoms with Gasteiger partial charge >= 0.3 is 0 Å². The molecule has 114 valence electrons. The molecule has 0 aromatic carbocycles. The number of thioether (sulfide) groups is 1. The van der Waals surface area contributed by atoms with Crippen LogP contribution in [0.4, 0.5) is 0 Å². The van der Waals surface area contributed by atoms with Crippen LogP contribution in [0.1, 0.15) is 39.5 Å². The summed E-state index contributed by atoms with van der Waals surface area (Å²) in [6.07, 6.45) is 5.72. The first-order valence-corrected chi connectivity index (χ1v) is 7.88. The van der Waals surface area contributed by atoms with Crippen molar-refractivity contribution in [1.82, 2.24) is 5.32 Å². The normalized spacial score (nSPS) is 21.1. The molecule has 1 aliphatic rings. The fourth-order valence-electron chi connectivity index (χ4n) is 2.27. The molecule has 1 amide bonds. The highest BCUT2D eigenvalue weighted by Gasteiger charge is 2.34. The van der Waals surface area contributed by atoms with Crippen LogP contribution in [0.25, 0.3) is 0 Å². The first-order chi connectivity index (χ1) is 8.46. The second-order valence-corrected chi connectivity index (χ2v) is 6.62. The Morgan fingerprint density at radius 2 is 2.05 bits per heavy atom. The van der Waals surface area contributed by atoms with Gasteiger partial charge in [0.2, 0.25) is 5.91 Å². The van der Waals surface area contributed by atoms with Crippen LogP contribution in [-0.2, 0) is 9.53 Å². The Morgan fingerprint density at radius 3 is 2.53 bits per heavy atom. The zero-order valence-electron chi connectivity index (χ0n) is 12.2. The summed E-state index contributed by atoms with van der Waals surface area (Å²) in [7, 11) is 0. The molecule has 3 N–H and O–H groups in total. The highest BCUT2D eigenvalue weighted by molar-refractivity contribution is 8.00. The van der Waals surface area contributed by atoms with Crippen LogP contribution in [0.3, 0.4) is 0 Å². The number of carbonyl (C=O) groups excluding carboxylic acids is 1. The Labute approximate surface area is 127 Å². The number of carbonyl (C=O) groups is 1. The summed E-state index contributed by atoms with van der Waals surface area (Å²) in [6.45, 7) is 6.10. The molecule has 0 aromatic heterocycles. The molecule has 0 radical (unpaired) electrons. The highest BCUT2D eigenvalue weighted by Crippen LogP contribution is 2.33. The fraction of sp³-hybridized carbons (Fsp3) is 0.923. The molecular weight excluding hydrogens is 284 g/mol. The average molecular weight is 311 g/mol. The van der Waals surface area contributed by atoms with Gasteiger partial charge in [-0.1, -0.05) is 13.3 Å². The molecule has 19 heavy (non-hydrogen) atoms. The Kier molecular flexibility index (Phi) is 8.36. The van der Waals surface area contributed by atoms with Gasteiger partial charge in [-0.2, -0.15) is 11.8 Å². The lowest BCUT2D eigenvalue weighted by Gasteiger charge is -2.36. The van der Waals surface area contributed by atoms with E-state index < -0.39 is 5.54 Å². The first kappa shape index (κ1) is 19.0. The molecule has 0 aliphatic carbocycles. The molecule has 1 rings (SSSR count). The molecule has 1 atom stereocenters. The van der Waals surface area contributed by atoms with Crippen molar-refractivity contribution >= 4 is 30.1 Å². The molecular formula is C13H27ClN2O2S. The van der Waals surface area contributed by atoms with E-state index in [1.165, 1.54) is 0 Å². The Balaban J connectivity index is 0.00000324. The number of halogens is 1. The summed E-state index contributed by atoms with van der Waals surface area (Å²) < 4.78 is 5.51. The van der Waals surface area contributed by atoms with Crippen molar-refractivity contribution in [1.29, 1.82) is 0 Å². The fourth-order valence-corrected chi connectivity index (χ4v) is 3.06. The van der Waals surface area contributed by atoms with Crippen LogP contribution in [0.15, 0.2) is 0 Å². The Bertz CT molecular complexity index is 282. The molecule has 4 nitrogen and oxygen atoms in total. The number of amides is 1. The molecule has 6 heteroatoms. The molecule has 1 fully saturated rings. The predicted octanol–water partition coefficient (Wildman–Crippen LogP) is 1.95. The number of nitrogens with two attached hydrogens (primary N) is 1. The van der Waals surface area contributed by atoms with Gasteiger partial charge in [-0.15, -0.1) is 12.4 Å². The van der Waals surface area contributed by atoms with Crippen molar-refractivity contribution < 1.29 is 9.53 Å². The van der Waals surface area contributed by atoms with Gasteiger partial charge in [-0.25, -0.2) is 0 Å². The van der Waals surface area contributed by atoms with Crippen molar-refractivity contribution in [2.24, 2.45) is 5.73 Å². The molecule has 0 bridgehead atoms. The van der Waals surface area contributed by atoms with Crippen LogP contribution < -0.4 is 11.1 Å². The quantitative estimate of drug-likeness (QED) is 0.787. The van der Waals surface area contributed by atoms with Crippen LogP contribution in [0.2, 0.25) is 0 Å². The van der Waals surface area contributed by atoms with E-state index >= 15 is 0 Å². The van der Waals surface area contributed by atoms with E-state index in [0.717, 1.165) is 32.5 Å². The van der Waals surface area contributed by atoms with Crippen molar-refractivity contribution in [2.75, 3.05) is 26.0 Å². The third-order valence-electron chi connectivity index (χ3n) is 3.70.